The second kappa shape index (κ2) is 7.11. The second-order valence-electron chi connectivity index (χ2n) is 14.9. The normalized spacial score (nSPS) is 51.9. The SMILES string of the molecule is C=C(CCC(C)[C@H]1CC[C@@]2(C)[C@@H]3CC[C@H]4C(C)(C)[C@@H](O)CCC45CC35CC[C@]12C)C(C)C. The van der Waals surface area contributed by atoms with Crippen LogP contribution in [0.15, 0.2) is 12.2 Å². The molecular weight excluding hydrogens is 388 g/mol. The van der Waals surface area contributed by atoms with Crippen molar-refractivity contribution in [2.24, 2.45) is 56.7 Å². The summed E-state index contributed by atoms with van der Waals surface area (Å²) in [5.41, 5.74) is 3.79. The molecule has 0 radical (unpaired) electrons. The van der Waals surface area contributed by atoms with Gasteiger partial charge in [-0.3, -0.25) is 0 Å². The summed E-state index contributed by atoms with van der Waals surface area (Å²) in [5, 5.41) is 10.9. The van der Waals surface area contributed by atoms with Crippen LogP contribution < -0.4 is 0 Å². The van der Waals surface area contributed by atoms with Crippen molar-refractivity contribution in [3.63, 3.8) is 0 Å². The van der Waals surface area contributed by atoms with E-state index in [0.717, 1.165) is 30.1 Å². The molecule has 2 spiro atoms. The van der Waals surface area contributed by atoms with E-state index in [-0.39, 0.29) is 11.5 Å². The zero-order chi connectivity index (χ0) is 23.3. The van der Waals surface area contributed by atoms with Gasteiger partial charge in [-0.25, -0.2) is 0 Å². The third kappa shape index (κ3) is 2.73. The third-order valence-corrected chi connectivity index (χ3v) is 13.6. The van der Waals surface area contributed by atoms with E-state index in [1.165, 1.54) is 69.8 Å². The van der Waals surface area contributed by atoms with Crippen molar-refractivity contribution in [2.45, 2.75) is 125 Å². The molecule has 0 aromatic heterocycles. The molecule has 1 N–H and O–H groups in total. The van der Waals surface area contributed by atoms with Gasteiger partial charge in [0, 0.05) is 0 Å². The minimum atomic E-state index is -0.0888. The number of allylic oxidation sites excluding steroid dienone is 1. The van der Waals surface area contributed by atoms with Crippen LogP contribution in [0, 0.1) is 56.7 Å². The Morgan fingerprint density at radius 2 is 1.50 bits per heavy atom. The van der Waals surface area contributed by atoms with E-state index >= 15 is 0 Å². The summed E-state index contributed by atoms with van der Waals surface area (Å²) in [6.45, 7) is 21.8. The van der Waals surface area contributed by atoms with Gasteiger partial charge in [-0.15, -0.1) is 0 Å². The van der Waals surface area contributed by atoms with Crippen LogP contribution in [-0.2, 0) is 0 Å². The fourth-order valence-electron chi connectivity index (χ4n) is 11.2. The first kappa shape index (κ1) is 23.4. The highest BCUT2D eigenvalue weighted by Gasteiger charge is 2.82. The average molecular weight is 441 g/mol. The van der Waals surface area contributed by atoms with Crippen molar-refractivity contribution in [2.75, 3.05) is 0 Å². The van der Waals surface area contributed by atoms with Gasteiger partial charge in [0.05, 0.1) is 6.10 Å². The molecule has 0 aliphatic heterocycles. The zero-order valence-electron chi connectivity index (χ0n) is 22.4. The lowest BCUT2D eigenvalue weighted by atomic mass is 9.41. The molecule has 0 aromatic carbocycles. The number of fused-ring (bicyclic) bond motifs is 2. The minimum absolute atomic E-state index is 0.0888. The molecule has 5 fully saturated rings. The highest BCUT2D eigenvalue weighted by Crippen LogP contribution is 2.89. The van der Waals surface area contributed by atoms with Gasteiger partial charge in [-0.05, 0) is 127 Å². The van der Waals surface area contributed by atoms with Gasteiger partial charge in [-0.1, -0.05) is 60.6 Å². The van der Waals surface area contributed by atoms with Crippen LogP contribution >= 0.6 is 0 Å². The molecule has 0 amide bonds. The van der Waals surface area contributed by atoms with Crippen LogP contribution in [0.1, 0.15) is 119 Å². The van der Waals surface area contributed by atoms with E-state index < -0.39 is 0 Å². The maximum atomic E-state index is 10.9. The van der Waals surface area contributed by atoms with Crippen molar-refractivity contribution in [1.82, 2.24) is 0 Å². The fourth-order valence-corrected chi connectivity index (χ4v) is 11.2. The smallest absolute Gasteiger partial charge is 0.0594 e. The summed E-state index contributed by atoms with van der Waals surface area (Å²) < 4.78 is 0. The van der Waals surface area contributed by atoms with E-state index in [1.807, 2.05) is 0 Å². The van der Waals surface area contributed by atoms with Gasteiger partial charge in [0.1, 0.15) is 0 Å². The molecule has 0 aromatic rings. The zero-order valence-corrected chi connectivity index (χ0v) is 22.4. The van der Waals surface area contributed by atoms with Gasteiger partial charge in [0.15, 0.2) is 0 Å². The second-order valence-corrected chi connectivity index (χ2v) is 14.9. The Labute approximate surface area is 199 Å². The van der Waals surface area contributed by atoms with Crippen molar-refractivity contribution in [3.05, 3.63) is 12.2 Å². The van der Waals surface area contributed by atoms with E-state index in [4.69, 9.17) is 0 Å². The Bertz CT molecular complexity index is 779. The third-order valence-electron chi connectivity index (χ3n) is 13.6. The Balaban J connectivity index is 1.39. The Morgan fingerprint density at radius 3 is 2.19 bits per heavy atom. The molecule has 5 aliphatic rings. The van der Waals surface area contributed by atoms with Crippen molar-refractivity contribution in [1.29, 1.82) is 0 Å². The molecule has 1 nitrogen and oxygen atoms in total. The standard InChI is InChI=1S/C31H52O/c1-20(2)21(3)9-10-22(4)23-13-15-29(8)25-12-11-24-27(5,6)26(32)14-16-30(24)19-31(25,30)18-17-28(23,29)7/h20,22-26,32H,3,9-19H2,1-2,4-8H3/t22?,23-,24+,25+,26+,28-,29+,30?,31?/m1/s1. The van der Waals surface area contributed by atoms with E-state index in [0.29, 0.717) is 27.6 Å². The molecule has 32 heavy (non-hydrogen) atoms. The number of hydrogen-bond acceptors (Lipinski definition) is 1. The first-order valence-electron chi connectivity index (χ1n) is 14.2. The predicted octanol–water partition coefficient (Wildman–Crippen LogP) is 8.41. The number of aliphatic hydroxyl groups is 1. The topological polar surface area (TPSA) is 20.2 Å². The minimum Gasteiger partial charge on any atom is -0.393 e. The van der Waals surface area contributed by atoms with Gasteiger partial charge < -0.3 is 5.11 Å². The highest BCUT2D eigenvalue weighted by atomic mass is 16.3. The maximum absolute atomic E-state index is 10.9. The lowest BCUT2D eigenvalue weighted by molar-refractivity contribution is -0.161. The lowest BCUT2D eigenvalue weighted by Crippen LogP contribution is -2.57. The summed E-state index contributed by atoms with van der Waals surface area (Å²) in [4.78, 5) is 0. The summed E-state index contributed by atoms with van der Waals surface area (Å²) in [5.74, 6) is 4.02. The molecule has 182 valence electrons. The molecule has 5 aliphatic carbocycles. The molecule has 9 atom stereocenters. The van der Waals surface area contributed by atoms with Crippen LogP contribution in [0.2, 0.25) is 0 Å². The monoisotopic (exact) mass is 440 g/mol. The van der Waals surface area contributed by atoms with E-state index in [2.05, 4.69) is 55.0 Å². The Morgan fingerprint density at radius 1 is 0.844 bits per heavy atom. The summed E-state index contributed by atoms with van der Waals surface area (Å²) in [7, 11) is 0. The molecule has 0 bridgehead atoms. The van der Waals surface area contributed by atoms with Crippen LogP contribution in [0.3, 0.4) is 0 Å². The fraction of sp³-hybridized carbons (Fsp3) is 0.935. The van der Waals surface area contributed by atoms with Crippen LogP contribution in [0.5, 0.6) is 0 Å². The van der Waals surface area contributed by atoms with Crippen molar-refractivity contribution >= 4 is 0 Å². The first-order valence-corrected chi connectivity index (χ1v) is 14.2. The van der Waals surface area contributed by atoms with E-state index in [9.17, 15) is 5.11 Å². The molecule has 3 unspecified atom stereocenters. The molecule has 1 heteroatoms. The molecule has 0 saturated heterocycles. The van der Waals surface area contributed by atoms with Gasteiger partial charge in [0.25, 0.3) is 0 Å². The lowest BCUT2D eigenvalue weighted by Gasteiger charge is -2.63. The van der Waals surface area contributed by atoms with Gasteiger partial charge >= 0.3 is 0 Å². The van der Waals surface area contributed by atoms with Crippen LogP contribution in [0.25, 0.3) is 0 Å². The molecular formula is C31H52O. The summed E-state index contributed by atoms with van der Waals surface area (Å²) in [6, 6.07) is 0. The molecule has 0 heterocycles. The largest absolute Gasteiger partial charge is 0.393 e. The summed E-state index contributed by atoms with van der Waals surface area (Å²) >= 11 is 0. The Kier molecular flexibility index (Phi) is 5.21. The summed E-state index contributed by atoms with van der Waals surface area (Å²) in [6.07, 6.45) is 15.0. The quantitative estimate of drug-likeness (QED) is 0.425. The van der Waals surface area contributed by atoms with Crippen LogP contribution in [0.4, 0.5) is 0 Å². The molecule has 5 saturated carbocycles. The average Bonchev–Trinajstić information content (AvgIpc) is 3.31. The number of hydrogen-bond donors (Lipinski definition) is 1. The Hall–Kier alpha value is -0.300. The first-order chi connectivity index (χ1) is 14.9. The predicted molar refractivity (Wildman–Crippen MR) is 135 cm³/mol. The maximum Gasteiger partial charge on any atom is 0.0594 e. The van der Waals surface area contributed by atoms with Crippen LogP contribution in [-0.4, -0.2) is 11.2 Å². The number of rotatable bonds is 5. The van der Waals surface area contributed by atoms with Gasteiger partial charge in [-0.2, -0.15) is 0 Å². The van der Waals surface area contributed by atoms with Crippen molar-refractivity contribution < 1.29 is 5.11 Å². The highest BCUT2D eigenvalue weighted by molar-refractivity contribution is 5.30. The van der Waals surface area contributed by atoms with E-state index in [1.54, 1.807) is 0 Å². The molecule has 5 rings (SSSR count). The number of aliphatic hydroxyl groups excluding tert-OH is 1. The van der Waals surface area contributed by atoms with Crippen molar-refractivity contribution in [3.8, 4) is 0 Å². The van der Waals surface area contributed by atoms with Gasteiger partial charge in [0.2, 0.25) is 0 Å².